The molecule has 0 aliphatic heterocycles. The molecule has 1 N–H and O–H groups in total. The molecule has 4 aromatic rings. The van der Waals surface area contributed by atoms with E-state index in [1.807, 2.05) is 20.8 Å². The summed E-state index contributed by atoms with van der Waals surface area (Å²) in [4.78, 5) is 37.7. The number of aryl methyl sites for hydroxylation is 4. The van der Waals surface area contributed by atoms with Gasteiger partial charge in [-0.15, -0.1) is 22.7 Å². The Hall–Kier alpha value is -2.71. The monoisotopic (exact) mass is 507 g/mol. The summed E-state index contributed by atoms with van der Waals surface area (Å²) in [6, 6.07) is 2.07. The first-order valence-corrected chi connectivity index (χ1v) is 14.2. The average Bonchev–Trinajstić information content (AvgIpc) is 3.49. The smallest absolute Gasteiger partial charge is 0.341 e. The number of thiophene rings is 2. The zero-order chi connectivity index (χ0) is 24.3. The molecule has 8 heteroatoms. The zero-order valence-corrected chi connectivity index (χ0v) is 22.0. The number of H-pyrrole nitrogens is 1. The van der Waals surface area contributed by atoms with Gasteiger partial charge in [0.2, 0.25) is 0 Å². The molecule has 2 aliphatic rings. The van der Waals surface area contributed by atoms with Crippen molar-refractivity contribution in [2.24, 2.45) is 0 Å². The van der Waals surface area contributed by atoms with Crippen molar-refractivity contribution in [3.63, 3.8) is 0 Å². The SMILES string of the molecule is CCOC(=O)c1c(-n2c(C)cc(-c3nc4sc5c(c4c(=O)[nH]3)CCCC5)c2C)sc2c1CCCC2. The van der Waals surface area contributed by atoms with Crippen LogP contribution < -0.4 is 5.56 Å². The van der Waals surface area contributed by atoms with E-state index in [0.717, 1.165) is 82.7 Å². The van der Waals surface area contributed by atoms with Crippen molar-refractivity contribution in [2.45, 2.75) is 72.1 Å². The van der Waals surface area contributed by atoms with E-state index in [-0.39, 0.29) is 11.5 Å². The molecule has 0 amide bonds. The number of aromatic amines is 1. The number of nitrogens with one attached hydrogen (secondary N) is 1. The van der Waals surface area contributed by atoms with Crippen LogP contribution in [0, 0.1) is 13.8 Å². The lowest BCUT2D eigenvalue weighted by atomic mass is 9.95. The lowest BCUT2D eigenvalue weighted by molar-refractivity contribution is 0.0525. The summed E-state index contributed by atoms with van der Waals surface area (Å²) < 4.78 is 7.63. The highest BCUT2D eigenvalue weighted by atomic mass is 32.1. The van der Waals surface area contributed by atoms with E-state index < -0.39 is 0 Å². The molecule has 0 aromatic carbocycles. The lowest BCUT2D eigenvalue weighted by Gasteiger charge is -2.13. The number of esters is 1. The fraction of sp³-hybridized carbons (Fsp3) is 0.444. The second-order valence-electron chi connectivity index (χ2n) is 9.54. The van der Waals surface area contributed by atoms with Crippen LogP contribution >= 0.6 is 22.7 Å². The summed E-state index contributed by atoms with van der Waals surface area (Å²) >= 11 is 3.37. The summed E-state index contributed by atoms with van der Waals surface area (Å²) in [5.74, 6) is 0.354. The Morgan fingerprint density at radius 3 is 2.49 bits per heavy atom. The Bertz CT molecular complexity index is 1540. The van der Waals surface area contributed by atoms with Crippen LogP contribution in [0.5, 0.6) is 0 Å². The number of nitrogens with zero attached hydrogens (tertiary/aromatic N) is 2. The molecule has 6 rings (SSSR count). The van der Waals surface area contributed by atoms with E-state index in [0.29, 0.717) is 18.0 Å². The fourth-order valence-corrected chi connectivity index (χ4v) is 8.48. The van der Waals surface area contributed by atoms with Gasteiger partial charge in [0.1, 0.15) is 15.7 Å². The fourth-order valence-electron chi connectivity index (χ4n) is 5.73. The number of rotatable bonds is 4. The number of fused-ring (bicyclic) bond motifs is 4. The van der Waals surface area contributed by atoms with Gasteiger partial charge in [-0.2, -0.15) is 0 Å². The largest absolute Gasteiger partial charge is 0.462 e. The van der Waals surface area contributed by atoms with Gasteiger partial charge in [-0.25, -0.2) is 9.78 Å². The molecule has 0 atom stereocenters. The van der Waals surface area contributed by atoms with Crippen molar-refractivity contribution >= 4 is 38.9 Å². The van der Waals surface area contributed by atoms with E-state index in [2.05, 4.69) is 15.6 Å². The molecule has 0 fully saturated rings. The summed E-state index contributed by atoms with van der Waals surface area (Å²) in [6.45, 7) is 6.29. The molecule has 0 saturated carbocycles. The highest BCUT2D eigenvalue weighted by Crippen LogP contribution is 2.40. The number of carbonyl (C=O) groups excluding carboxylic acids is 1. The average molecular weight is 508 g/mol. The van der Waals surface area contributed by atoms with Gasteiger partial charge in [-0.1, -0.05) is 0 Å². The van der Waals surface area contributed by atoms with E-state index in [1.165, 1.54) is 21.7 Å². The third kappa shape index (κ3) is 3.61. The standard InChI is InChI=1S/C27H29N3O3S2/c1-4-33-27(32)22-17-10-6-8-12-20(17)35-26(22)30-14(2)13-18(15(30)3)23-28-24(31)21-16-9-5-7-11-19(16)34-25(21)29-23/h13H,4-12H2,1-3H3,(H,28,29,31). The molecule has 0 unspecified atom stereocenters. The maximum absolute atomic E-state index is 13.2. The van der Waals surface area contributed by atoms with Gasteiger partial charge < -0.3 is 14.3 Å². The molecule has 35 heavy (non-hydrogen) atoms. The zero-order valence-electron chi connectivity index (χ0n) is 20.4. The normalized spacial score (nSPS) is 15.3. The van der Waals surface area contributed by atoms with Crippen LogP contribution in [0.2, 0.25) is 0 Å². The molecule has 2 aliphatic carbocycles. The van der Waals surface area contributed by atoms with Gasteiger partial charge in [0, 0.05) is 26.7 Å². The van der Waals surface area contributed by atoms with Crippen LogP contribution in [0.15, 0.2) is 10.9 Å². The van der Waals surface area contributed by atoms with E-state index in [4.69, 9.17) is 9.72 Å². The highest BCUT2D eigenvalue weighted by molar-refractivity contribution is 7.18. The van der Waals surface area contributed by atoms with Crippen LogP contribution in [-0.2, 0) is 30.4 Å². The van der Waals surface area contributed by atoms with Gasteiger partial charge in [0.25, 0.3) is 5.56 Å². The first-order chi connectivity index (χ1) is 17.0. The first-order valence-electron chi connectivity index (χ1n) is 12.5. The third-order valence-electron chi connectivity index (χ3n) is 7.35. The molecule has 0 bridgehead atoms. The van der Waals surface area contributed by atoms with Gasteiger partial charge >= 0.3 is 5.97 Å². The Kier molecular flexibility index (Phi) is 5.68. The number of ether oxygens (including phenoxy) is 1. The minimum Gasteiger partial charge on any atom is -0.462 e. The van der Waals surface area contributed by atoms with E-state index in [1.54, 1.807) is 22.7 Å². The van der Waals surface area contributed by atoms with E-state index in [9.17, 15) is 9.59 Å². The van der Waals surface area contributed by atoms with Crippen LogP contribution in [0.3, 0.4) is 0 Å². The molecule has 4 aromatic heterocycles. The highest BCUT2D eigenvalue weighted by Gasteiger charge is 2.29. The second-order valence-corrected chi connectivity index (χ2v) is 11.7. The van der Waals surface area contributed by atoms with Gasteiger partial charge in [-0.05, 0) is 89.3 Å². The van der Waals surface area contributed by atoms with Crippen molar-refractivity contribution in [3.05, 3.63) is 54.3 Å². The summed E-state index contributed by atoms with van der Waals surface area (Å²) in [5, 5.41) is 1.70. The van der Waals surface area contributed by atoms with Crippen molar-refractivity contribution < 1.29 is 9.53 Å². The van der Waals surface area contributed by atoms with Crippen LogP contribution in [0.25, 0.3) is 26.6 Å². The van der Waals surface area contributed by atoms with E-state index >= 15 is 0 Å². The molecule has 6 nitrogen and oxygen atoms in total. The number of hydrogen-bond donors (Lipinski definition) is 1. The Balaban J connectivity index is 1.51. The van der Waals surface area contributed by atoms with Crippen molar-refractivity contribution in [1.29, 1.82) is 0 Å². The predicted octanol–water partition coefficient (Wildman–Crippen LogP) is 6.05. The Labute approximate surface area is 212 Å². The predicted molar refractivity (Wildman–Crippen MR) is 142 cm³/mol. The van der Waals surface area contributed by atoms with Crippen LogP contribution in [0.4, 0.5) is 0 Å². The first kappa shape index (κ1) is 22.7. The Morgan fingerprint density at radius 1 is 1.06 bits per heavy atom. The summed E-state index contributed by atoms with van der Waals surface area (Å²) in [6.07, 6.45) is 8.50. The minimum atomic E-state index is -0.243. The molecule has 4 heterocycles. The molecule has 0 spiro atoms. The Morgan fingerprint density at radius 2 is 1.74 bits per heavy atom. The number of carbonyl (C=O) groups is 1. The third-order valence-corrected chi connectivity index (χ3v) is 9.81. The molecular formula is C27H29N3O3S2. The van der Waals surface area contributed by atoms with Crippen molar-refractivity contribution in [3.8, 4) is 16.4 Å². The molecule has 182 valence electrons. The van der Waals surface area contributed by atoms with Gasteiger partial charge in [-0.3, -0.25) is 4.79 Å². The molecule has 0 saturated heterocycles. The summed E-state index contributed by atoms with van der Waals surface area (Å²) in [5.41, 5.74) is 5.89. The van der Waals surface area contributed by atoms with Crippen LogP contribution in [-0.4, -0.2) is 27.1 Å². The maximum Gasteiger partial charge on any atom is 0.341 e. The van der Waals surface area contributed by atoms with Gasteiger partial charge in [0.05, 0.1) is 17.6 Å². The maximum atomic E-state index is 13.2. The van der Waals surface area contributed by atoms with Crippen molar-refractivity contribution in [1.82, 2.24) is 14.5 Å². The number of aromatic nitrogens is 3. The molecule has 0 radical (unpaired) electrons. The van der Waals surface area contributed by atoms with Gasteiger partial charge in [0.15, 0.2) is 0 Å². The summed E-state index contributed by atoms with van der Waals surface area (Å²) in [7, 11) is 0. The molecular weight excluding hydrogens is 478 g/mol. The quantitative estimate of drug-likeness (QED) is 0.341. The number of hydrogen-bond acceptors (Lipinski definition) is 6. The lowest BCUT2D eigenvalue weighted by Crippen LogP contribution is -2.13. The topological polar surface area (TPSA) is 77.0 Å². The van der Waals surface area contributed by atoms with Crippen LogP contribution in [0.1, 0.15) is 75.2 Å². The second kappa shape index (κ2) is 8.75. The minimum absolute atomic E-state index is 0.0481. The van der Waals surface area contributed by atoms with Crippen molar-refractivity contribution in [2.75, 3.05) is 6.61 Å².